The molecule has 0 aliphatic rings. The molecule has 142 valence electrons. The maximum absolute atomic E-state index is 9.74. The lowest BCUT2D eigenvalue weighted by Gasteiger charge is -2.19. The third-order valence-corrected chi connectivity index (χ3v) is 5.50. The lowest BCUT2D eigenvalue weighted by atomic mass is 9.86. The Morgan fingerprint density at radius 1 is 0.857 bits per heavy atom. The van der Waals surface area contributed by atoms with Crippen molar-refractivity contribution in [2.45, 2.75) is 12.3 Å². The predicted octanol–water partition coefficient (Wildman–Crippen LogP) is 5.86. The summed E-state index contributed by atoms with van der Waals surface area (Å²) in [5.41, 5.74) is 11.4. The molecule has 1 aromatic heterocycles. The summed E-state index contributed by atoms with van der Waals surface area (Å²) in [5.74, 6) is 0.190. The van der Waals surface area contributed by atoms with Gasteiger partial charge in [-0.1, -0.05) is 47.5 Å². The molecule has 28 heavy (non-hydrogen) atoms. The van der Waals surface area contributed by atoms with Gasteiger partial charge in [0.15, 0.2) is 0 Å². The summed E-state index contributed by atoms with van der Waals surface area (Å²) in [6, 6.07) is 21.0. The highest BCUT2D eigenvalue weighted by Crippen LogP contribution is 2.38. The van der Waals surface area contributed by atoms with Crippen molar-refractivity contribution in [3.05, 3.63) is 99.2 Å². The fraction of sp³-hybridized carbons (Fsp3) is 0.130. The maximum atomic E-state index is 9.74. The molecule has 0 spiro atoms. The molecule has 0 amide bonds. The number of fused-ring (bicyclic) bond motifs is 1. The number of nitrogens with two attached hydrogens (primary N) is 1. The van der Waals surface area contributed by atoms with Gasteiger partial charge in [-0.05, 0) is 72.1 Å². The molecule has 3 aromatic carbocycles. The fourth-order valence-electron chi connectivity index (χ4n) is 3.75. The first-order valence-corrected chi connectivity index (χ1v) is 9.87. The van der Waals surface area contributed by atoms with E-state index >= 15 is 0 Å². The standard InChI is InChI=1S/C23H20Cl2N2O/c24-16-5-1-14(2-6-16)22(15-3-8-18(28)9-4-15)23-19(11-12-26)20-13-17(25)7-10-21(20)27-23/h1-10,13,22,27-28H,11-12,26H2. The van der Waals surface area contributed by atoms with Crippen LogP contribution in [-0.4, -0.2) is 16.6 Å². The molecule has 3 nitrogen and oxygen atoms in total. The predicted molar refractivity (Wildman–Crippen MR) is 117 cm³/mol. The van der Waals surface area contributed by atoms with Gasteiger partial charge in [-0.3, -0.25) is 0 Å². The first-order chi connectivity index (χ1) is 13.6. The van der Waals surface area contributed by atoms with Gasteiger partial charge in [-0.25, -0.2) is 0 Å². The molecular weight excluding hydrogens is 391 g/mol. The van der Waals surface area contributed by atoms with Crippen LogP contribution in [0.4, 0.5) is 0 Å². The topological polar surface area (TPSA) is 62.0 Å². The van der Waals surface area contributed by atoms with E-state index in [1.54, 1.807) is 12.1 Å². The number of aromatic nitrogens is 1. The molecule has 1 unspecified atom stereocenters. The average Bonchev–Trinajstić information content (AvgIpc) is 3.03. The van der Waals surface area contributed by atoms with Crippen molar-refractivity contribution in [2.24, 2.45) is 5.73 Å². The molecular formula is C23H20Cl2N2O. The molecule has 0 saturated heterocycles. The highest BCUT2D eigenvalue weighted by molar-refractivity contribution is 6.31. The number of hydrogen-bond donors (Lipinski definition) is 3. The Morgan fingerprint density at radius 2 is 1.46 bits per heavy atom. The van der Waals surface area contributed by atoms with Crippen LogP contribution >= 0.6 is 23.2 Å². The van der Waals surface area contributed by atoms with Crippen LogP contribution < -0.4 is 5.73 Å². The van der Waals surface area contributed by atoms with Crippen LogP contribution in [0.1, 0.15) is 28.3 Å². The number of phenolic OH excluding ortho intramolecular Hbond substituents is 1. The molecule has 0 aliphatic carbocycles. The molecule has 0 bridgehead atoms. The molecule has 1 heterocycles. The second-order valence-corrected chi connectivity index (χ2v) is 7.69. The Kier molecular flexibility index (Phi) is 5.31. The van der Waals surface area contributed by atoms with Gasteiger partial charge >= 0.3 is 0 Å². The molecule has 0 fully saturated rings. The number of halogens is 2. The first kappa shape index (κ1) is 18.9. The van der Waals surface area contributed by atoms with Gasteiger partial charge in [-0.15, -0.1) is 0 Å². The molecule has 1 atom stereocenters. The monoisotopic (exact) mass is 410 g/mol. The maximum Gasteiger partial charge on any atom is 0.115 e. The van der Waals surface area contributed by atoms with E-state index in [1.807, 2.05) is 54.6 Å². The smallest absolute Gasteiger partial charge is 0.115 e. The van der Waals surface area contributed by atoms with E-state index in [2.05, 4.69) is 4.98 Å². The van der Waals surface area contributed by atoms with Crippen molar-refractivity contribution < 1.29 is 5.11 Å². The zero-order chi connectivity index (χ0) is 19.7. The molecule has 0 saturated carbocycles. The third-order valence-electron chi connectivity index (χ3n) is 5.01. The zero-order valence-electron chi connectivity index (χ0n) is 15.1. The van der Waals surface area contributed by atoms with Crippen LogP contribution in [0.25, 0.3) is 10.9 Å². The summed E-state index contributed by atoms with van der Waals surface area (Å²) >= 11 is 12.4. The average molecular weight is 411 g/mol. The van der Waals surface area contributed by atoms with E-state index < -0.39 is 0 Å². The number of aromatic amines is 1. The van der Waals surface area contributed by atoms with Gasteiger partial charge in [0.25, 0.3) is 0 Å². The van der Waals surface area contributed by atoms with E-state index in [0.29, 0.717) is 16.6 Å². The minimum atomic E-state index is -0.0504. The van der Waals surface area contributed by atoms with E-state index in [9.17, 15) is 5.11 Å². The number of benzene rings is 3. The van der Waals surface area contributed by atoms with Crippen LogP contribution in [0.3, 0.4) is 0 Å². The number of hydrogen-bond acceptors (Lipinski definition) is 2. The van der Waals surface area contributed by atoms with Gasteiger partial charge in [0.1, 0.15) is 5.75 Å². The van der Waals surface area contributed by atoms with E-state index in [0.717, 1.165) is 39.7 Å². The van der Waals surface area contributed by atoms with Gasteiger partial charge in [0.2, 0.25) is 0 Å². The summed E-state index contributed by atoms with van der Waals surface area (Å²) in [4.78, 5) is 3.59. The largest absolute Gasteiger partial charge is 0.508 e. The van der Waals surface area contributed by atoms with Gasteiger partial charge < -0.3 is 15.8 Å². The molecule has 0 radical (unpaired) electrons. The van der Waals surface area contributed by atoms with Gasteiger partial charge in [0.05, 0.1) is 0 Å². The number of rotatable bonds is 5. The molecule has 0 aliphatic heterocycles. The minimum Gasteiger partial charge on any atom is -0.508 e. The van der Waals surface area contributed by atoms with Crippen molar-refractivity contribution in [3.8, 4) is 5.75 Å². The van der Waals surface area contributed by atoms with Crippen molar-refractivity contribution in [1.29, 1.82) is 0 Å². The van der Waals surface area contributed by atoms with E-state index in [4.69, 9.17) is 28.9 Å². The van der Waals surface area contributed by atoms with Crippen LogP contribution in [0.5, 0.6) is 5.75 Å². The van der Waals surface area contributed by atoms with Gasteiger partial charge in [-0.2, -0.15) is 0 Å². The Morgan fingerprint density at radius 3 is 2.11 bits per heavy atom. The fourth-order valence-corrected chi connectivity index (χ4v) is 4.05. The van der Waals surface area contributed by atoms with Crippen molar-refractivity contribution in [3.63, 3.8) is 0 Å². The summed E-state index contributed by atoms with van der Waals surface area (Å²) < 4.78 is 0. The zero-order valence-corrected chi connectivity index (χ0v) is 16.6. The van der Waals surface area contributed by atoms with Crippen LogP contribution in [0, 0.1) is 0 Å². The summed E-state index contributed by atoms with van der Waals surface area (Å²) in [6.07, 6.45) is 0.734. The molecule has 5 heteroatoms. The van der Waals surface area contributed by atoms with Crippen LogP contribution in [-0.2, 0) is 6.42 Å². The second-order valence-electron chi connectivity index (χ2n) is 6.82. The minimum absolute atomic E-state index is 0.0504. The quantitative estimate of drug-likeness (QED) is 0.385. The third kappa shape index (κ3) is 3.61. The normalized spacial score (nSPS) is 12.4. The highest BCUT2D eigenvalue weighted by atomic mass is 35.5. The Labute approximate surface area is 173 Å². The number of aromatic hydroxyl groups is 1. The Bertz CT molecular complexity index is 1060. The lowest BCUT2D eigenvalue weighted by Crippen LogP contribution is -2.10. The van der Waals surface area contributed by atoms with Crippen molar-refractivity contribution in [2.75, 3.05) is 6.54 Å². The number of nitrogens with one attached hydrogen (secondary N) is 1. The number of H-pyrrole nitrogens is 1. The molecule has 4 rings (SSSR count). The SMILES string of the molecule is NCCc1c(C(c2ccc(O)cc2)c2ccc(Cl)cc2)[nH]c2ccc(Cl)cc12. The van der Waals surface area contributed by atoms with Crippen LogP contribution in [0.2, 0.25) is 10.0 Å². The molecule has 4 N–H and O–H groups in total. The number of phenols is 1. The molecule has 4 aromatic rings. The Balaban J connectivity index is 1.97. The second kappa shape index (κ2) is 7.88. The first-order valence-electron chi connectivity index (χ1n) is 9.11. The van der Waals surface area contributed by atoms with E-state index in [1.165, 1.54) is 0 Å². The van der Waals surface area contributed by atoms with Crippen molar-refractivity contribution >= 4 is 34.1 Å². The van der Waals surface area contributed by atoms with Crippen molar-refractivity contribution in [1.82, 2.24) is 4.98 Å². The van der Waals surface area contributed by atoms with Crippen LogP contribution in [0.15, 0.2) is 66.7 Å². The highest BCUT2D eigenvalue weighted by Gasteiger charge is 2.23. The Hall–Kier alpha value is -2.46. The van der Waals surface area contributed by atoms with Gasteiger partial charge in [0, 0.05) is 32.6 Å². The lowest BCUT2D eigenvalue weighted by molar-refractivity contribution is 0.475. The summed E-state index contributed by atoms with van der Waals surface area (Å²) in [7, 11) is 0. The van der Waals surface area contributed by atoms with E-state index in [-0.39, 0.29) is 11.7 Å². The summed E-state index contributed by atoms with van der Waals surface area (Å²) in [5, 5.41) is 12.2. The summed E-state index contributed by atoms with van der Waals surface area (Å²) in [6.45, 7) is 0.537.